The van der Waals surface area contributed by atoms with E-state index in [1.807, 2.05) is 6.07 Å². The first-order valence-electron chi connectivity index (χ1n) is 10.9. The van der Waals surface area contributed by atoms with Gasteiger partial charge in [0, 0.05) is 50.9 Å². The van der Waals surface area contributed by atoms with Crippen molar-refractivity contribution in [3.05, 3.63) is 71.5 Å². The summed E-state index contributed by atoms with van der Waals surface area (Å²) in [5.74, 6) is -0.610. The molecule has 1 N–H and O–H groups in total. The smallest absolute Gasteiger partial charge is 0.317 e. The molecule has 2 heterocycles. The fourth-order valence-electron chi connectivity index (χ4n) is 4.34. The molecule has 0 aliphatic carbocycles. The van der Waals surface area contributed by atoms with Gasteiger partial charge < -0.3 is 15.1 Å². The van der Waals surface area contributed by atoms with Crippen molar-refractivity contribution in [1.29, 1.82) is 0 Å². The summed E-state index contributed by atoms with van der Waals surface area (Å²) in [4.78, 5) is 31.2. The third-order valence-electron chi connectivity index (χ3n) is 6.01. The minimum Gasteiger partial charge on any atom is -0.335 e. The first kappa shape index (κ1) is 21.3. The monoisotopic (exact) mass is 424 g/mol. The SMILES string of the molecule is O=C(NC1CCCN(Cc2ccccc2)C1)N1CCN(C(=O)c2cccc(F)c2)CC1. The van der Waals surface area contributed by atoms with E-state index in [-0.39, 0.29) is 18.0 Å². The van der Waals surface area contributed by atoms with Crippen molar-refractivity contribution >= 4 is 11.9 Å². The summed E-state index contributed by atoms with van der Waals surface area (Å²) in [5.41, 5.74) is 1.63. The van der Waals surface area contributed by atoms with Crippen LogP contribution in [0.2, 0.25) is 0 Å². The molecule has 2 aromatic rings. The zero-order valence-electron chi connectivity index (χ0n) is 17.7. The molecule has 6 nitrogen and oxygen atoms in total. The quantitative estimate of drug-likeness (QED) is 0.821. The Balaban J connectivity index is 1.24. The number of urea groups is 1. The highest BCUT2D eigenvalue weighted by molar-refractivity contribution is 5.94. The van der Waals surface area contributed by atoms with E-state index < -0.39 is 5.82 Å². The van der Waals surface area contributed by atoms with Crippen LogP contribution in [-0.4, -0.2) is 71.9 Å². The van der Waals surface area contributed by atoms with Crippen LogP contribution in [0, 0.1) is 5.82 Å². The highest BCUT2D eigenvalue weighted by atomic mass is 19.1. The van der Waals surface area contributed by atoms with Crippen LogP contribution in [0.5, 0.6) is 0 Å². The zero-order chi connectivity index (χ0) is 21.6. The minimum atomic E-state index is -0.419. The molecule has 0 bridgehead atoms. The van der Waals surface area contributed by atoms with Gasteiger partial charge in [0.2, 0.25) is 0 Å². The number of amides is 3. The predicted octanol–water partition coefficient (Wildman–Crippen LogP) is 2.96. The zero-order valence-corrected chi connectivity index (χ0v) is 17.7. The predicted molar refractivity (Wildman–Crippen MR) is 117 cm³/mol. The minimum absolute atomic E-state index is 0.0654. The molecule has 3 amide bonds. The molecule has 2 aliphatic heterocycles. The van der Waals surface area contributed by atoms with Gasteiger partial charge in [-0.05, 0) is 43.1 Å². The Kier molecular flexibility index (Phi) is 6.82. The van der Waals surface area contributed by atoms with Crippen LogP contribution < -0.4 is 5.32 Å². The van der Waals surface area contributed by atoms with Crippen molar-refractivity contribution in [1.82, 2.24) is 20.0 Å². The molecule has 0 aromatic heterocycles. The molecular weight excluding hydrogens is 395 g/mol. The van der Waals surface area contributed by atoms with Gasteiger partial charge in [-0.3, -0.25) is 9.69 Å². The van der Waals surface area contributed by atoms with Crippen LogP contribution in [0.4, 0.5) is 9.18 Å². The van der Waals surface area contributed by atoms with E-state index in [2.05, 4.69) is 34.5 Å². The van der Waals surface area contributed by atoms with Crippen molar-refractivity contribution < 1.29 is 14.0 Å². The van der Waals surface area contributed by atoms with Crippen molar-refractivity contribution in [3.8, 4) is 0 Å². The number of hydrogen-bond acceptors (Lipinski definition) is 3. The highest BCUT2D eigenvalue weighted by Crippen LogP contribution is 2.15. The molecule has 2 aliphatic rings. The Morgan fingerprint density at radius 3 is 2.42 bits per heavy atom. The molecule has 0 spiro atoms. The van der Waals surface area contributed by atoms with Gasteiger partial charge in [-0.1, -0.05) is 36.4 Å². The van der Waals surface area contributed by atoms with Crippen molar-refractivity contribution in [3.63, 3.8) is 0 Å². The molecule has 164 valence electrons. The number of carbonyl (C=O) groups excluding carboxylic acids is 2. The van der Waals surface area contributed by atoms with E-state index in [4.69, 9.17) is 0 Å². The molecule has 2 fully saturated rings. The van der Waals surface area contributed by atoms with E-state index in [1.165, 1.54) is 23.8 Å². The van der Waals surface area contributed by atoms with Gasteiger partial charge in [-0.25, -0.2) is 9.18 Å². The van der Waals surface area contributed by atoms with Crippen LogP contribution in [-0.2, 0) is 6.54 Å². The fraction of sp³-hybridized carbons (Fsp3) is 0.417. The average Bonchev–Trinajstić information content (AvgIpc) is 2.79. The maximum atomic E-state index is 13.4. The van der Waals surface area contributed by atoms with Gasteiger partial charge in [0.05, 0.1) is 0 Å². The van der Waals surface area contributed by atoms with Gasteiger partial charge in [0.25, 0.3) is 5.91 Å². The summed E-state index contributed by atoms with van der Waals surface area (Å²) in [6.45, 7) is 4.65. The van der Waals surface area contributed by atoms with E-state index in [0.29, 0.717) is 31.7 Å². The van der Waals surface area contributed by atoms with Gasteiger partial charge in [-0.15, -0.1) is 0 Å². The number of piperidine rings is 1. The topological polar surface area (TPSA) is 55.9 Å². The Labute approximate surface area is 182 Å². The molecular formula is C24H29FN4O2. The number of nitrogens with zero attached hydrogens (tertiary/aromatic N) is 3. The summed E-state index contributed by atoms with van der Waals surface area (Å²) >= 11 is 0. The number of halogens is 1. The molecule has 0 radical (unpaired) electrons. The fourth-order valence-corrected chi connectivity index (χ4v) is 4.34. The second-order valence-electron chi connectivity index (χ2n) is 8.30. The van der Waals surface area contributed by atoms with Crippen LogP contribution in [0.25, 0.3) is 0 Å². The lowest BCUT2D eigenvalue weighted by Crippen LogP contribution is -2.56. The Morgan fingerprint density at radius 2 is 1.68 bits per heavy atom. The third kappa shape index (κ3) is 5.61. The molecule has 2 aromatic carbocycles. The van der Waals surface area contributed by atoms with Crippen LogP contribution >= 0.6 is 0 Å². The highest BCUT2D eigenvalue weighted by Gasteiger charge is 2.27. The summed E-state index contributed by atoms with van der Waals surface area (Å²) in [6, 6.07) is 16.2. The summed E-state index contributed by atoms with van der Waals surface area (Å²) < 4.78 is 13.4. The second-order valence-corrected chi connectivity index (χ2v) is 8.30. The van der Waals surface area contributed by atoms with Crippen molar-refractivity contribution in [2.24, 2.45) is 0 Å². The van der Waals surface area contributed by atoms with Gasteiger partial charge in [0.15, 0.2) is 0 Å². The van der Waals surface area contributed by atoms with E-state index in [0.717, 1.165) is 32.5 Å². The van der Waals surface area contributed by atoms with Crippen LogP contribution in [0.1, 0.15) is 28.8 Å². The number of benzene rings is 2. The lowest BCUT2D eigenvalue weighted by molar-refractivity contribution is 0.0660. The van der Waals surface area contributed by atoms with E-state index >= 15 is 0 Å². The van der Waals surface area contributed by atoms with Crippen molar-refractivity contribution in [2.75, 3.05) is 39.3 Å². The van der Waals surface area contributed by atoms with Gasteiger partial charge >= 0.3 is 6.03 Å². The maximum absolute atomic E-state index is 13.4. The molecule has 2 saturated heterocycles. The first-order valence-corrected chi connectivity index (χ1v) is 10.9. The standard InChI is InChI=1S/C24H29FN4O2/c25-21-9-4-8-20(16-21)23(30)28-12-14-29(15-13-28)24(31)26-22-10-5-11-27(18-22)17-19-6-2-1-3-7-19/h1-4,6-9,16,22H,5,10-15,17-18H2,(H,26,31). The lowest BCUT2D eigenvalue weighted by atomic mass is 10.0. The molecule has 4 rings (SSSR count). The molecule has 7 heteroatoms. The Hall–Kier alpha value is -2.93. The van der Waals surface area contributed by atoms with Gasteiger partial charge in [-0.2, -0.15) is 0 Å². The molecule has 0 saturated carbocycles. The number of hydrogen-bond donors (Lipinski definition) is 1. The number of piperazine rings is 1. The summed E-state index contributed by atoms with van der Waals surface area (Å²) in [6.07, 6.45) is 2.04. The lowest BCUT2D eigenvalue weighted by Gasteiger charge is -2.37. The number of rotatable bonds is 4. The second kappa shape index (κ2) is 9.92. The number of likely N-dealkylation sites (tertiary alicyclic amines) is 1. The van der Waals surface area contributed by atoms with E-state index in [9.17, 15) is 14.0 Å². The van der Waals surface area contributed by atoms with E-state index in [1.54, 1.807) is 15.9 Å². The maximum Gasteiger partial charge on any atom is 0.317 e. The Bertz CT molecular complexity index is 899. The number of nitrogens with one attached hydrogen (secondary N) is 1. The van der Waals surface area contributed by atoms with Gasteiger partial charge in [0.1, 0.15) is 5.82 Å². The summed E-state index contributed by atoms with van der Waals surface area (Å²) in [7, 11) is 0. The van der Waals surface area contributed by atoms with Crippen molar-refractivity contribution in [2.45, 2.75) is 25.4 Å². The van der Waals surface area contributed by atoms with Crippen LogP contribution in [0.3, 0.4) is 0 Å². The molecule has 1 atom stereocenters. The third-order valence-corrected chi connectivity index (χ3v) is 6.01. The summed E-state index contributed by atoms with van der Waals surface area (Å²) in [5, 5.41) is 3.18. The first-order chi connectivity index (χ1) is 15.1. The molecule has 31 heavy (non-hydrogen) atoms. The molecule has 1 unspecified atom stereocenters. The van der Waals surface area contributed by atoms with Crippen LogP contribution in [0.15, 0.2) is 54.6 Å². The number of carbonyl (C=O) groups is 2. The normalized spacial score (nSPS) is 19.8. The largest absolute Gasteiger partial charge is 0.335 e. The average molecular weight is 425 g/mol. The Morgan fingerprint density at radius 1 is 0.935 bits per heavy atom.